The van der Waals surface area contributed by atoms with Crippen molar-refractivity contribution >= 4 is 33.2 Å². The minimum absolute atomic E-state index is 0.0451. The van der Waals surface area contributed by atoms with Gasteiger partial charge in [-0.05, 0) is 11.6 Å². The van der Waals surface area contributed by atoms with Crippen molar-refractivity contribution < 1.29 is 13.5 Å². The van der Waals surface area contributed by atoms with E-state index in [0.717, 1.165) is 0 Å². The third kappa shape index (κ3) is 2.69. The molecule has 7 heteroatoms. The van der Waals surface area contributed by atoms with E-state index in [-0.39, 0.29) is 20.5 Å². The second kappa shape index (κ2) is 5.02. The molecule has 2 aromatic rings. The van der Waals surface area contributed by atoms with Crippen LogP contribution in [0.25, 0.3) is 11.1 Å². The summed E-state index contributed by atoms with van der Waals surface area (Å²) in [5.41, 5.74) is 0.825. The lowest BCUT2D eigenvalue weighted by atomic mass is 10.1. The molecule has 2 rings (SSSR count). The zero-order valence-electron chi connectivity index (χ0n) is 9.47. The van der Waals surface area contributed by atoms with Gasteiger partial charge in [0.2, 0.25) is 10.0 Å². The molecule has 0 bridgehead atoms. The molecule has 2 aromatic carbocycles. The maximum atomic E-state index is 11.7. The van der Waals surface area contributed by atoms with Crippen LogP contribution in [0.15, 0.2) is 41.3 Å². The average molecular weight is 318 g/mol. The van der Waals surface area contributed by atoms with Crippen molar-refractivity contribution in [1.29, 1.82) is 0 Å². The molecule has 0 aliphatic heterocycles. The third-order valence-corrected chi connectivity index (χ3v) is 4.28. The lowest BCUT2D eigenvalue weighted by molar-refractivity contribution is 0.474. The molecule has 0 atom stereocenters. The van der Waals surface area contributed by atoms with Crippen LogP contribution < -0.4 is 5.14 Å². The topological polar surface area (TPSA) is 80.4 Å². The van der Waals surface area contributed by atoms with Gasteiger partial charge in [-0.25, -0.2) is 13.6 Å². The van der Waals surface area contributed by atoms with Crippen molar-refractivity contribution in [1.82, 2.24) is 0 Å². The van der Waals surface area contributed by atoms with E-state index in [0.29, 0.717) is 5.56 Å². The van der Waals surface area contributed by atoms with Crippen LogP contribution in [0.5, 0.6) is 5.75 Å². The van der Waals surface area contributed by atoms with Crippen molar-refractivity contribution in [2.45, 2.75) is 4.90 Å². The molecule has 0 saturated heterocycles. The highest BCUT2D eigenvalue weighted by Gasteiger charge is 2.24. The quantitative estimate of drug-likeness (QED) is 0.893. The number of phenolic OH excluding ortho intramolecular Hbond substituents is 1. The molecule has 4 nitrogen and oxygen atoms in total. The molecule has 0 fully saturated rings. The standard InChI is InChI=1S/C12H9Cl2NO3S/c13-9-6-8(7-4-2-1-3-5-7)12(19(15,17)18)10(14)11(9)16/h1-6,16H,(H2,15,17,18). The van der Waals surface area contributed by atoms with Gasteiger partial charge >= 0.3 is 0 Å². The summed E-state index contributed by atoms with van der Waals surface area (Å²) in [7, 11) is -4.10. The van der Waals surface area contributed by atoms with Crippen LogP contribution in [-0.2, 0) is 10.0 Å². The maximum Gasteiger partial charge on any atom is 0.240 e. The number of primary sulfonamides is 1. The van der Waals surface area contributed by atoms with Crippen LogP contribution in [0, 0.1) is 0 Å². The Hall–Kier alpha value is -1.27. The molecule has 0 unspecified atom stereocenters. The van der Waals surface area contributed by atoms with Gasteiger partial charge in [-0.3, -0.25) is 0 Å². The fraction of sp³-hybridized carbons (Fsp3) is 0. The SMILES string of the molecule is NS(=O)(=O)c1c(-c2ccccc2)cc(Cl)c(O)c1Cl. The molecule has 0 amide bonds. The lowest BCUT2D eigenvalue weighted by Crippen LogP contribution is -2.14. The fourth-order valence-corrected chi connectivity index (χ4v) is 3.31. The number of hydrogen-bond donors (Lipinski definition) is 2. The van der Waals surface area contributed by atoms with E-state index in [9.17, 15) is 13.5 Å². The van der Waals surface area contributed by atoms with E-state index in [4.69, 9.17) is 28.3 Å². The monoisotopic (exact) mass is 317 g/mol. The van der Waals surface area contributed by atoms with Crippen LogP contribution in [0.1, 0.15) is 0 Å². The zero-order chi connectivity index (χ0) is 14.2. The number of hydrogen-bond acceptors (Lipinski definition) is 3. The number of benzene rings is 2. The van der Waals surface area contributed by atoms with Crippen molar-refractivity contribution in [3.05, 3.63) is 46.4 Å². The molecular formula is C12H9Cl2NO3S. The molecule has 0 heterocycles. The first-order chi connectivity index (χ1) is 8.82. The number of phenols is 1. The normalized spacial score (nSPS) is 11.5. The summed E-state index contributed by atoms with van der Waals surface area (Å²) >= 11 is 11.7. The van der Waals surface area contributed by atoms with Gasteiger partial charge in [-0.2, -0.15) is 0 Å². The van der Waals surface area contributed by atoms with Gasteiger partial charge in [0.15, 0.2) is 5.75 Å². The minimum Gasteiger partial charge on any atom is -0.505 e. The van der Waals surface area contributed by atoms with Gasteiger partial charge in [-0.1, -0.05) is 53.5 Å². The predicted molar refractivity (Wildman–Crippen MR) is 74.9 cm³/mol. The second-order valence-corrected chi connectivity index (χ2v) is 6.09. The van der Waals surface area contributed by atoms with Gasteiger partial charge < -0.3 is 5.11 Å². The van der Waals surface area contributed by atoms with Gasteiger partial charge in [0, 0.05) is 5.56 Å². The lowest BCUT2D eigenvalue weighted by Gasteiger charge is -2.12. The molecule has 0 aliphatic carbocycles. The number of sulfonamides is 1. The Labute approximate surface area is 120 Å². The summed E-state index contributed by atoms with van der Waals surface area (Å²) in [6.07, 6.45) is 0. The highest BCUT2D eigenvalue weighted by molar-refractivity contribution is 7.89. The molecule has 19 heavy (non-hydrogen) atoms. The third-order valence-electron chi connectivity index (χ3n) is 2.52. The van der Waals surface area contributed by atoms with Crippen LogP contribution >= 0.6 is 23.2 Å². The number of halogens is 2. The van der Waals surface area contributed by atoms with E-state index in [1.54, 1.807) is 30.3 Å². The largest absolute Gasteiger partial charge is 0.505 e. The summed E-state index contributed by atoms with van der Waals surface area (Å²) in [6.45, 7) is 0. The average Bonchev–Trinajstić information content (AvgIpc) is 2.35. The predicted octanol–water partition coefficient (Wildman–Crippen LogP) is 3.01. The Bertz CT molecular complexity index is 730. The number of nitrogens with two attached hydrogens (primary N) is 1. The molecule has 0 saturated carbocycles. The van der Waals surface area contributed by atoms with Crippen LogP contribution in [0.4, 0.5) is 0 Å². The Morgan fingerprint density at radius 1 is 1.11 bits per heavy atom. The van der Waals surface area contributed by atoms with E-state index in [2.05, 4.69) is 0 Å². The van der Waals surface area contributed by atoms with Crippen LogP contribution in [0.3, 0.4) is 0 Å². The van der Waals surface area contributed by atoms with Crippen molar-refractivity contribution in [2.24, 2.45) is 5.14 Å². The smallest absolute Gasteiger partial charge is 0.240 e. The molecule has 0 aliphatic rings. The van der Waals surface area contributed by atoms with Gasteiger partial charge in [-0.15, -0.1) is 0 Å². The maximum absolute atomic E-state index is 11.7. The second-order valence-electron chi connectivity index (χ2n) is 3.81. The molecule has 0 spiro atoms. The Kier molecular flexibility index (Phi) is 3.73. The molecule has 100 valence electrons. The van der Waals surface area contributed by atoms with Crippen molar-refractivity contribution in [2.75, 3.05) is 0 Å². The Morgan fingerprint density at radius 2 is 1.68 bits per heavy atom. The zero-order valence-corrected chi connectivity index (χ0v) is 11.8. The van der Waals surface area contributed by atoms with Crippen molar-refractivity contribution in [3.8, 4) is 16.9 Å². The van der Waals surface area contributed by atoms with E-state index >= 15 is 0 Å². The van der Waals surface area contributed by atoms with Gasteiger partial charge in [0.05, 0.1) is 5.02 Å². The minimum atomic E-state index is -4.10. The summed E-state index contributed by atoms with van der Waals surface area (Å²) < 4.78 is 23.3. The Morgan fingerprint density at radius 3 is 2.21 bits per heavy atom. The van der Waals surface area contributed by atoms with E-state index in [1.807, 2.05) is 0 Å². The summed E-state index contributed by atoms with van der Waals surface area (Å²) in [6, 6.07) is 9.94. The van der Waals surface area contributed by atoms with Gasteiger partial charge in [0.1, 0.15) is 9.92 Å². The molecular weight excluding hydrogens is 309 g/mol. The molecule has 0 aromatic heterocycles. The first-order valence-electron chi connectivity index (χ1n) is 5.11. The van der Waals surface area contributed by atoms with Gasteiger partial charge in [0.25, 0.3) is 0 Å². The number of rotatable bonds is 2. The molecule has 0 radical (unpaired) electrons. The first-order valence-corrected chi connectivity index (χ1v) is 7.42. The first kappa shape index (κ1) is 14.1. The van der Waals surface area contributed by atoms with E-state index in [1.165, 1.54) is 6.07 Å². The van der Waals surface area contributed by atoms with Crippen molar-refractivity contribution in [3.63, 3.8) is 0 Å². The summed E-state index contributed by atoms with van der Waals surface area (Å²) in [5.74, 6) is -0.507. The highest BCUT2D eigenvalue weighted by atomic mass is 35.5. The molecule has 3 N–H and O–H groups in total. The number of aromatic hydroxyl groups is 1. The van der Waals surface area contributed by atoms with Crippen LogP contribution in [0.2, 0.25) is 10.0 Å². The Balaban J connectivity index is 2.89. The highest BCUT2D eigenvalue weighted by Crippen LogP contribution is 2.42. The summed E-state index contributed by atoms with van der Waals surface area (Å²) in [5, 5.41) is 14.4. The van der Waals surface area contributed by atoms with E-state index < -0.39 is 15.8 Å². The summed E-state index contributed by atoms with van der Waals surface area (Å²) in [4.78, 5) is -0.345. The fourth-order valence-electron chi connectivity index (χ4n) is 1.70. The van der Waals surface area contributed by atoms with Crippen LogP contribution in [-0.4, -0.2) is 13.5 Å².